The van der Waals surface area contributed by atoms with Gasteiger partial charge in [-0.25, -0.2) is 5.84 Å². The van der Waals surface area contributed by atoms with Gasteiger partial charge in [-0.2, -0.15) is 0 Å². The van der Waals surface area contributed by atoms with Crippen LogP contribution in [-0.2, 0) is 11.3 Å². The van der Waals surface area contributed by atoms with Crippen molar-refractivity contribution in [1.82, 2.24) is 10.3 Å². The van der Waals surface area contributed by atoms with Gasteiger partial charge in [0.25, 0.3) is 0 Å². The Morgan fingerprint density at radius 3 is 2.12 bits per heavy atom. The monoisotopic (exact) mass is 333 g/mol. The number of carbonyl (C=O) groups excluding carboxylic acids is 1. The first-order valence-corrected chi connectivity index (χ1v) is 8.88. The molecule has 0 aromatic heterocycles. The first kappa shape index (κ1) is 16.1. The van der Waals surface area contributed by atoms with Gasteiger partial charge in [0.2, 0.25) is 5.91 Å². The van der Waals surface area contributed by atoms with Gasteiger partial charge in [-0.05, 0) is 59.1 Å². The number of fused-ring (bicyclic) bond motifs is 2. The van der Waals surface area contributed by atoms with Crippen LogP contribution in [0.15, 0.2) is 54.6 Å². The van der Waals surface area contributed by atoms with E-state index < -0.39 is 0 Å². The first-order chi connectivity index (χ1) is 12.3. The summed E-state index contributed by atoms with van der Waals surface area (Å²) in [7, 11) is 0. The minimum Gasteiger partial charge on any atom is -0.299 e. The SMILES string of the molecule is NNC(=O)C1CCN(Cc2c3ccccc3cc3ccccc23)CC1. The van der Waals surface area contributed by atoms with Gasteiger partial charge >= 0.3 is 0 Å². The Labute approximate surface area is 147 Å². The fourth-order valence-electron chi connectivity index (χ4n) is 3.97. The number of amides is 1. The van der Waals surface area contributed by atoms with Gasteiger partial charge in [0.05, 0.1) is 0 Å². The number of likely N-dealkylation sites (tertiary alicyclic amines) is 1. The number of piperidine rings is 1. The molecule has 3 aromatic rings. The van der Waals surface area contributed by atoms with Crippen LogP contribution in [-0.4, -0.2) is 23.9 Å². The third-order valence-corrected chi connectivity index (χ3v) is 5.37. The summed E-state index contributed by atoms with van der Waals surface area (Å²) in [6.07, 6.45) is 1.73. The number of hydrogen-bond donors (Lipinski definition) is 2. The van der Waals surface area contributed by atoms with E-state index in [-0.39, 0.29) is 11.8 Å². The Morgan fingerprint density at radius 1 is 1.00 bits per heavy atom. The second-order valence-corrected chi connectivity index (χ2v) is 6.86. The Hall–Kier alpha value is -2.43. The zero-order valence-corrected chi connectivity index (χ0v) is 14.2. The molecule has 4 heteroatoms. The number of rotatable bonds is 3. The summed E-state index contributed by atoms with van der Waals surface area (Å²) in [4.78, 5) is 14.2. The highest BCUT2D eigenvalue weighted by Crippen LogP contribution is 2.30. The Bertz CT molecular complexity index is 859. The second-order valence-electron chi connectivity index (χ2n) is 6.86. The van der Waals surface area contributed by atoms with Crippen molar-refractivity contribution in [2.75, 3.05) is 13.1 Å². The summed E-state index contributed by atoms with van der Waals surface area (Å²) < 4.78 is 0. The van der Waals surface area contributed by atoms with Gasteiger partial charge in [0.15, 0.2) is 0 Å². The van der Waals surface area contributed by atoms with Gasteiger partial charge < -0.3 is 0 Å². The lowest BCUT2D eigenvalue weighted by molar-refractivity contribution is -0.126. The van der Waals surface area contributed by atoms with E-state index in [9.17, 15) is 4.79 Å². The lowest BCUT2D eigenvalue weighted by Crippen LogP contribution is -2.42. The van der Waals surface area contributed by atoms with E-state index >= 15 is 0 Å². The summed E-state index contributed by atoms with van der Waals surface area (Å²) >= 11 is 0. The van der Waals surface area contributed by atoms with E-state index in [1.165, 1.54) is 27.1 Å². The van der Waals surface area contributed by atoms with Gasteiger partial charge in [-0.1, -0.05) is 48.5 Å². The van der Waals surface area contributed by atoms with E-state index in [4.69, 9.17) is 5.84 Å². The maximum absolute atomic E-state index is 11.7. The van der Waals surface area contributed by atoms with E-state index in [2.05, 4.69) is 64.9 Å². The van der Waals surface area contributed by atoms with Crippen LogP contribution >= 0.6 is 0 Å². The molecule has 3 aromatic carbocycles. The van der Waals surface area contributed by atoms with Gasteiger partial charge in [-0.3, -0.25) is 15.1 Å². The Kier molecular flexibility index (Phi) is 4.38. The fourth-order valence-corrected chi connectivity index (χ4v) is 3.97. The topological polar surface area (TPSA) is 58.4 Å². The predicted molar refractivity (Wildman–Crippen MR) is 102 cm³/mol. The Morgan fingerprint density at radius 2 is 1.56 bits per heavy atom. The van der Waals surface area contributed by atoms with Crippen LogP contribution in [0.3, 0.4) is 0 Å². The lowest BCUT2D eigenvalue weighted by atomic mass is 9.93. The fraction of sp³-hybridized carbons (Fsp3) is 0.286. The van der Waals surface area contributed by atoms with Crippen LogP contribution in [0.4, 0.5) is 0 Å². The summed E-state index contributed by atoms with van der Waals surface area (Å²) in [6, 6.07) is 19.5. The van der Waals surface area contributed by atoms with Crippen LogP contribution in [0.1, 0.15) is 18.4 Å². The molecule has 0 aliphatic carbocycles. The molecule has 1 aliphatic rings. The van der Waals surface area contributed by atoms with Gasteiger partial charge in [0.1, 0.15) is 0 Å². The number of nitrogens with zero attached hydrogens (tertiary/aromatic N) is 1. The van der Waals surface area contributed by atoms with Crippen LogP contribution < -0.4 is 11.3 Å². The molecule has 0 bridgehead atoms. The first-order valence-electron chi connectivity index (χ1n) is 8.88. The average Bonchev–Trinajstić information content (AvgIpc) is 2.67. The standard InChI is InChI=1S/C21H23N3O/c22-23-21(25)15-9-11-24(12-10-15)14-20-18-7-3-1-5-16(18)13-17-6-2-4-8-19(17)20/h1-8,13,15H,9-12,14,22H2,(H,23,25). The molecule has 128 valence electrons. The van der Waals surface area contributed by atoms with Crippen molar-refractivity contribution in [1.29, 1.82) is 0 Å². The molecule has 0 radical (unpaired) electrons. The van der Waals surface area contributed by atoms with Crippen molar-refractivity contribution in [2.24, 2.45) is 11.8 Å². The van der Waals surface area contributed by atoms with E-state index in [1.54, 1.807) is 0 Å². The number of carbonyl (C=O) groups is 1. The van der Waals surface area contributed by atoms with Crippen molar-refractivity contribution in [3.63, 3.8) is 0 Å². The molecule has 1 fully saturated rings. The van der Waals surface area contributed by atoms with Crippen LogP contribution in [0, 0.1) is 5.92 Å². The number of benzene rings is 3. The summed E-state index contributed by atoms with van der Waals surface area (Å²) in [5.41, 5.74) is 3.67. The highest BCUT2D eigenvalue weighted by atomic mass is 16.2. The highest BCUT2D eigenvalue weighted by Gasteiger charge is 2.25. The molecule has 0 saturated carbocycles. The minimum absolute atomic E-state index is 0.0322. The molecular weight excluding hydrogens is 310 g/mol. The maximum Gasteiger partial charge on any atom is 0.237 e. The Balaban J connectivity index is 1.65. The number of hydrazine groups is 1. The van der Waals surface area contributed by atoms with Crippen LogP contribution in [0.2, 0.25) is 0 Å². The van der Waals surface area contributed by atoms with Crippen molar-refractivity contribution >= 4 is 27.5 Å². The zero-order chi connectivity index (χ0) is 17.2. The molecule has 1 aliphatic heterocycles. The number of nitrogens with one attached hydrogen (secondary N) is 1. The molecule has 4 nitrogen and oxygen atoms in total. The van der Waals surface area contributed by atoms with E-state index in [1.807, 2.05) is 0 Å². The van der Waals surface area contributed by atoms with Crippen molar-refractivity contribution in [2.45, 2.75) is 19.4 Å². The maximum atomic E-state index is 11.7. The number of nitrogens with two attached hydrogens (primary N) is 1. The third-order valence-electron chi connectivity index (χ3n) is 5.37. The van der Waals surface area contributed by atoms with Gasteiger partial charge in [0, 0.05) is 12.5 Å². The molecular formula is C21H23N3O. The summed E-state index contributed by atoms with van der Waals surface area (Å²) in [6.45, 7) is 2.77. The van der Waals surface area contributed by atoms with Gasteiger partial charge in [-0.15, -0.1) is 0 Å². The predicted octanol–water partition coefficient (Wildman–Crippen LogP) is 3.19. The van der Waals surface area contributed by atoms with E-state index in [0.29, 0.717) is 0 Å². The average molecular weight is 333 g/mol. The van der Waals surface area contributed by atoms with Crippen molar-refractivity contribution in [3.8, 4) is 0 Å². The lowest BCUT2D eigenvalue weighted by Gasteiger charge is -2.31. The van der Waals surface area contributed by atoms with Crippen LogP contribution in [0.5, 0.6) is 0 Å². The third kappa shape index (κ3) is 3.11. The normalized spacial score (nSPS) is 16.4. The summed E-state index contributed by atoms with van der Waals surface area (Å²) in [5.74, 6) is 5.29. The van der Waals surface area contributed by atoms with Crippen LogP contribution in [0.25, 0.3) is 21.5 Å². The quantitative estimate of drug-likeness (QED) is 0.335. The molecule has 0 spiro atoms. The second kappa shape index (κ2) is 6.82. The molecule has 1 saturated heterocycles. The van der Waals surface area contributed by atoms with Crippen molar-refractivity contribution < 1.29 is 4.79 Å². The minimum atomic E-state index is -0.0322. The molecule has 0 atom stereocenters. The molecule has 1 amide bonds. The molecule has 25 heavy (non-hydrogen) atoms. The number of hydrogen-bond acceptors (Lipinski definition) is 3. The largest absolute Gasteiger partial charge is 0.299 e. The highest BCUT2D eigenvalue weighted by molar-refractivity contribution is 6.02. The molecule has 3 N–H and O–H groups in total. The molecule has 0 unspecified atom stereocenters. The zero-order valence-electron chi connectivity index (χ0n) is 14.2. The summed E-state index contributed by atoms with van der Waals surface area (Å²) in [5, 5.41) is 5.22. The smallest absolute Gasteiger partial charge is 0.237 e. The van der Waals surface area contributed by atoms with Crippen molar-refractivity contribution in [3.05, 3.63) is 60.2 Å². The molecule has 4 rings (SSSR count). The molecule has 1 heterocycles. The van der Waals surface area contributed by atoms with E-state index in [0.717, 1.165) is 32.5 Å².